The fraction of sp³-hybridized carbons (Fsp3) is 0.227. The zero-order valence-electron chi connectivity index (χ0n) is 15.1. The molecular formula is C22H23NO3. The molecule has 0 fully saturated rings. The highest BCUT2D eigenvalue weighted by Gasteiger charge is 2.05. The van der Waals surface area contributed by atoms with Crippen molar-refractivity contribution in [3.8, 4) is 23.3 Å². The molecular weight excluding hydrogens is 326 g/mol. The lowest BCUT2D eigenvalue weighted by molar-refractivity contribution is -0.116. The zero-order valence-corrected chi connectivity index (χ0v) is 15.1. The van der Waals surface area contributed by atoms with Crippen molar-refractivity contribution >= 4 is 12.0 Å². The molecule has 2 rings (SSSR count). The third kappa shape index (κ3) is 6.37. The molecule has 0 aliphatic carbocycles. The van der Waals surface area contributed by atoms with Gasteiger partial charge in [0.25, 0.3) is 0 Å². The third-order valence-electron chi connectivity index (χ3n) is 3.35. The molecule has 0 heterocycles. The van der Waals surface area contributed by atoms with Crippen LogP contribution in [-0.4, -0.2) is 25.7 Å². The number of ether oxygens (including phenoxy) is 2. The number of carbonyl (C=O) groups is 1. The molecule has 1 N–H and O–H groups in total. The van der Waals surface area contributed by atoms with Crippen LogP contribution in [0, 0.1) is 11.8 Å². The molecule has 0 bridgehead atoms. The van der Waals surface area contributed by atoms with Crippen LogP contribution in [0.2, 0.25) is 0 Å². The SMILES string of the molecule is CCOc1ccc(/C=C/C(=O)NCC#Cc2ccccc2)cc1OCC. The number of carbonyl (C=O) groups excluding carboxylic acids is 1. The summed E-state index contributed by atoms with van der Waals surface area (Å²) >= 11 is 0. The van der Waals surface area contributed by atoms with Crippen LogP contribution in [0.4, 0.5) is 0 Å². The molecule has 0 radical (unpaired) electrons. The molecule has 1 amide bonds. The summed E-state index contributed by atoms with van der Waals surface area (Å²) in [7, 11) is 0. The third-order valence-corrected chi connectivity index (χ3v) is 3.35. The Kier molecular flexibility index (Phi) is 7.82. The van der Waals surface area contributed by atoms with Gasteiger partial charge in [-0.2, -0.15) is 0 Å². The lowest BCUT2D eigenvalue weighted by Gasteiger charge is -2.11. The standard InChI is InChI=1S/C22H23NO3/c1-3-25-20-14-12-19(17-21(20)26-4-2)13-15-22(24)23-16-8-11-18-9-6-5-7-10-18/h5-7,9-10,12-15,17H,3-4,16H2,1-2H3,(H,23,24)/b15-13+. The fourth-order valence-electron chi connectivity index (χ4n) is 2.20. The van der Waals surface area contributed by atoms with Crippen LogP contribution in [0.3, 0.4) is 0 Å². The predicted octanol–water partition coefficient (Wildman–Crippen LogP) is 3.67. The van der Waals surface area contributed by atoms with E-state index in [1.54, 1.807) is 6.08 Å². The minimum atomic E-state index is -0.195. The predicted molar refractivity (Wildman–Crippen MR) is 104 cm³/mol. The summed E-state index contributed by atoms with van der Waals surface area (Å²) in [6.45, 7) is 5.26. The van der Waals surface area contributed by atoms with Crippen LogP contribution in [0.25, 0.3) is 6.08 Å². The van der Waals surface area contributed by atoms with Crippen LogP contribution in [0.1, 0.15) is 25.0 Å². The summed E-state index contributed by atoms with van der Waals surface area (Å²) in [5.74, 6) is 7.10. The second-order valence-electron chi connectivity index (χ2n) is 5.29. The van der Waals surface area contributed by atoms with Crippen molar-refractivity contribution in [1.29, 1.82) is 0 Å². The van der Waals surface area contributed by atoms with Gasteiger partial charge in [0.15, 0.2) is 11.5 Å². The van der Waals surface area contributed by atoms with Gasteiger partial charge in [0, 0.05) is 11.6 Å². The minimum Gasteiger partial charge on any atom is -0.490 e. The van der Waals surface area contributed by atoms with E-state index >= 15 is 0 Å². The van der Waals surface area contributed by atoms with E-state index in [1.807, 2.05) is 62.4 Å². The normalized spacial score (nSPS) is 10.1. The second kappa shape index (κ2) is 10.6. The van der Waals surface area contributed by atoms with E-state index in [4.69, 9.17) is 9.47 Å². The Morgan fingerprint density at radius 1 is 1.04 bits per heavy atom. The molecule has 0 atom stereocenters. The van der Waals surface area contributed by atoms with Crippen molar-refractivity contribution < 1.29 is 14.3 Å². The van der Waals surface area contributed by atoms with Crippen LogP contribution in [0.15, 0.2) is 54.6 Å². The molecule has 4 heteroatoms. The molecule has 0 saturated carbocycles. The first-order valence-corrected chi connectivity index (χ1v) is 8.62. The van der Waals surface area contributed by atoms with Gasteiger partial charge in [0.1, 0.15) is 0 Å². The molecule has 0 aromatic heterocycles. The van der Waals surface area contributed by atoms with E-state index in [2.05, 4.69) is 17.2 Å². The Labute approximate surface area is 154 Å². The highest BCUT2D eigenvalue weighted by Crippen LogP contribution is 2.28. The number of hydrogen-bond donors (Lipinski definition) is 1. The van der Waals surface area contributed by atoms with Gasteiger partial charge in [-0.3, -0.25) is 4.79 Å². The zero-order chi connectivity index (χ0) is 18.6. The van der Waals surface area contributed by atoms with Gasteiger partial charge in [0.05, 0.1) is 19.8 Å². The van der Waals surface area contributed by atoms with Gasteiger partial charge in [-0.15, -0.1) is 0 Å². The van der Waals surface area contributed by atoms with Crippen molar-refractivity contribution in [1.82, 2.24) is 5.32 Å². The lowest BCUT2D eigenvalue weighted by Crippen LogP contribution is -2.20. The van der Waals surface area contributed by atoms with Gasteiger partial charge < -0.3 is 14.8 Å². The summed E-state index contributed by atoms with van der Waals surface area (Å²) < 4.78 is 11.1. The van der Waals surface area contributed by atoms with Crippen molar-refractivity contribution in [3.63, 3.8) is 0 Å². The van der Waals surface area contributed by atoms with Crippen LogP contribution in [-0.2, 0) is 4.79 Å². The number of amides is 1. The van der Waals surface area contributed by atoms with Gasteiger partial charge in [0.2, 0.25) is 5.91 Å². The summed E-state index contributed by atoms with van der Waals surface area (Å²) in [4.78, 5) is 11.9. The van der Waals surface area contributed by atoms with Gasteiger partial charge in [-0.05, 0) is 49.8 Å². The van der Waals surface area contributed by atoms with E-state index in [1.165, 1.54) is 6.08 Å². The van der Waals surface area contributed by atoms with Crippen molar-refractivity contribution in [2.75, 3.05) is 19.8 Å². The molecule has 0 aliphatic rings. The molecule has 2 aromatic rings. The topological polar surface area (TPSA) is 47.6 Å². The smallest absolute Gasteiger partial charge is 0.244 e. The number of rotatable bonds is 7. The largest absolute Gasteiger partial charge is 0.490 e. The fourth-order valence-corrected chi connectivity index (χ4v) is 2.20. The number of nitrogens with one attached hydrogen (secondary N) is 1. The summed E-state index contributed by atoms with van der Waals surface area (Å²) in [6.07, 6.45) is 3.22. The Bertz CT molecular complexity index is 801. The molecule has 134 valence electrons. The lowest BCUT2D eigenvalue weighted by atomic mass is 10.2. The molecule has 0 saturated heterocycles. The first-order valence-electron chi connectivity index (χ1n) is 8.62. The van der Waals surface area contributed by atoms with Gasteiger partial charge in [-0.1, -0.05) is 36.1 Å². The molecule has 0 unspecified atom stereocenters. The van der Waals surface area contributed by atoms with Gasteiger partial charge >= 0.3 is 0 Å². The van der Waals surface area contributed by atoms with Crippen LogP contribution < -0.4 is 14.8 Å². The minimum absolute atomic E-state index is 0.195. The molecule has 4 nitrogen and oxygen atoms in total. The first-order chi connectivity index (χ1) is 12.7. The van der Waals surface area contributed by atoms with E-state index in [9.17, 15) is 4.79 Å². The number of benzene rings is 2. The second-order valence-corrected chi connectivity index (χ2v) is 5.29. The van der Waals surface area contributed by atoms with Crippen molar-refractivity contribution in [3.05, 3.63) is 65.7 Å². The van der Waals surface area contributed by atoms with E-state index in [0.29, 0.717) is 31.3 Å². The van der Waals surface area contributed by atoms with Gasteiger partial charge in [-0.25, -0.2) is 0 Å². The van der Waals surface area contributed by atoms with E-state index in [-0.39, 0.29) is 5.91 Å². The highest BCUT2D eigenvalue weighted by molar-refractivity contribution is 5.91. The average molecular weight is 349 g/mol. The summed E-state index contributed by atoms with van der Waals surface area (Å²) in [5.41, 5.74) is 1.79. The summed E-state index contributed by atoms with van der Waals surface area (Å²) in [6, 6.07) is 15.2. The maximum absolute atomic E-state index is 11.9. The van der Waals surface area contributed by atoms with Crippen LogP contribution >= 0.6 is 0 Å². The van der Waals surface area contributed by atoms with Crippen molar-refractivity contribution in [2.24, 2.45) is 0 Å². The number of hydrogen-bond acceptors (Lipinski definition) is 3. The Morgan fingerprint density at radius 2 is 1.77 bits per heavy atom. The molecule has 26 heavy (non-hydrogen) atoms. The summed E-state index contributed by atoms with van der Waals surface area (Å²) in [5, 5.41) is 2.74. The van der Waals surface area contributed by atoms with E-state index < -0.39 is 0 Å². The Hall–Kier alpha value is -3.19. The maximum atomic E-state index is 11.9. The molecule has 0 aliphatic heterocycles. The first kappa shape index (κ1) is 19.1. The molecule has 2 aromatic carbocycles. The highest BCUT2D eigenvalue weighted by atomic mass is 16.5. The van der Waals surface area contributed by atoms with Crippen molar-refractivity contribution in [2.45, 2.75) is 13.8 Å². The Balaban J connectivity index is 1.91. The monoisotopic (exact) mass is 349 g/mol. The average Bonchev–Trinajstić information content (AvgIpc) is 2.66. The van der Waals surface area contributed by atoms with Crippen LogP contribution in [0.5, 0.6) is 11.5 Å². The Morgan fingerprint density at radius 3 is 2.50 bits per heavy atom. The molecule has 0 spiro atoms. The maximum Gasteiger partial charge on any atom is 0.244 e. The van der Waals surface area contributed by atoms with E-state index in [0.717, 1.165) is 11.1 Å². The quantitative estimate of drug-likeness (QED) is 0.613.